The van der Waals surface area contributed by atoms with Crippen LogP contribution < -0.4 is 0 Å². The molecule has 0 spiro atoms. The minimum absolute atomic E-state index is 0.118. The van der Waals surface area contributed by atoms with Gasteiger partial charge in [-0.25, -0.2) is 4.79 Å². The van der Waals surface area contributed by atoms with Crippen LogP contribution in [0.4, 0.5) is 0 Å². The summed E-state index contributed by atoms with van der Waals surface area (Å²) in [6.07, 6.45) is 9.50. The normalized spacial score (nSPS) is 13.4. The number of allylic oxidation sites excluding steroid dienone is 1. The summed E-state index contributed by atoms with van der Waals surface area (Å²) in [6.45, 7) is 4.93. The van der Waals surface area contributed by atoms with E-state index in [2.05, 4.69) is 6.92 Å². The van der Waals surface area contributed by atoms with Crippen molar-refractivity contribution in [3.05, 3.63) is 12.3 Å². The van der Waals surface area contributed by atoms with E-state index in [1.54, 1.807) is 13.2 Å². The fourth-order valence-corrected chi connectivity index (χ4v) is 2.68. The number of aliphatic carboxylic acids is 1. The van der Waals surface area contributed by atoms with Crippen molar-refractivity contribution in [2.24, 2.45) is 0 Å². The first-order chi connectivity index (χ1) is 11.0. The second-order valence-electron chi connectivity index (χ2n) is 5.94. The molecule has 23 heavy (non-hydrogen) atoms. The van der Waals surface area contributed by atoms with E-state index in [0.717, 1.165) is 12.8 Å². The molecular formula is C17H34NO5+. The second kappa shape index (κ2) is 13.3. The molecule has 0 aliphatic carbocycles. The minimum atomic E-state index is -0.932. The largest absolute Gasteiger partial charge is 0.496 e. The molecule has 0 radical (unpaired) electrons. The summed E-state index contributed by atoms with van der Waals surface area (Å²) < 4.78 is 5.58. The topological polar surface area (TPSA) is 87.0 Å². The van der Waals surface area contributed by atoms with Gasteiger partial charge in [0.2, 0.25) is 0 Å². The first kappa shape index (κ1) is 21.9. The average Bonchev–Trinajstić information content (AvgIpc) is 2.52. The Morgan fingerprint density at radius 2 is 1.78 bits per heavy atom. The molecule has 0 fully saturated rings. The first-order valence-electron chi connectivity index (χ1n) is 8.61. The average molecular weight is 332 g/mol. The van der Waals surface area contributed by atoms with Gasteiger partial charge >= 0.3 is 5.97 Å². The molecule has 6 nitrogen and oxygen atoms in total. The molecule has 1 atom stereocenters. The lowest BCUT2D eigenvalue weighted by Crippen LogP contribution is -2.61. The van der Waals surface area contributed by atoms with Gasteiger partial charge in [-0.3, -0.25) is 0 Å². The maximum absolute atomic E-state index is 11.3. The standard InChI is InChI=1S/C17H33NO5/c1-3-4-5-6-7-8-14-23-15-11-18(9-12-19,10-13-20)16(2)17(21)22/h8,14,16,19-20H,3-7,9-13,15H2,1-2H3/p+1/b14-8+. The molecule has 6 heteroatoms. The van der Waals surface area contributed by atoms with Crippen LogP contribution in [0, 0.1) is 0 Å². The molecule has 0 amide bonds. The second-order valence-corrected chi connectivity index (χ2v) is 5.94. The maximum Gasteiger partial charge on any atom is 0.362 e. The molecule has 0 rings (SSSR count). The predicted octanol–water partition coefficient (Wildman–Crippen LogP) is 1.76. The number of carboxylic acid groups (broad SMARTS) is 1. The van der Waals surface area contributed by atoms with Crippen molar-refractivity contribution in [3.8, 4) is 0 Å². The lowest BCUT2D eigenvalue weighted by molar-refractivity contribution is -0.942. The van der Waals surface area contributed by atoms with Crippen molar-refractivity contribution in [2.75, 3.05) is 39.5 Å². The van der Waals surface area contributed by atoms with Gasteiger partial charge in [-0.15, -0.1) is 0 Å². The Bertz CT molecular complexity index is 327. The molecule has 3 N–H and O–H groups in total. The van der Waals surface area contributed by atoms with E-state index in [0.29, 0.717) is 13.2 Å². The fraction of sp³-hybridized carbons (Fsp3) is 0.824. The number of hydrogen-bond acceptors (Lipinski definition) is 4. The highest BCUT2D eigenvalue weighted by atomic mass is 16.5. The zero-order chi connectivity index (χ0) is 17.6. The van der Waals surface area contributed by atoms with Gasteiger partial charge in [-0.05, 0) is 25.8 Å². The van der Waals surface area contributed by atoms with Gasteiger partial charge in [0, 0.05) is 0 Å². The van der Waals surface area contributed by atoms with Crippen LogP contribution >= 0.6 is 0 Å². The van der Waals surface area contributed by atoms with Crippen LogP contribution in [0.5, 0.6) is 0 Å². The molecule has 0 bridgehead atoms. The van der Waals surface area contributed by atoms with Crippen molar-refractivity contribution < 1.29 is 29.3 Å². The van der Waals surface area contributed by atoms with Gasteiger partial charge in [0.25, 0.3) is 0 Å². The summed E-state index contributed by atoms with van der Waals surface area (Å²) in [5.41, 5.74) is 0. The highest BCUT2D eigenvalue weighted by Gasteiger charge is 2.37. The van der Waals surface area contributed by atoms with Crippen LogP contribution in [-0.2, 0) is 9.53 Å². The van der Waals surface area contributed by atoms with Crippen molar-refractivity contribution in [1.29, 1.82) is 0 Å². The lowest BCUT2D eigenvalue weighted by atomic mass is 10.1. The summed E-state index contributed by atoms with van der Waals surface area (Å²) in [7, 11) is 0. The molecule has 0 aromatic rings. The van der Waals surface area contributed by atoms with E-state index in [9.17, 15) is 20.1 Å². The first-order valence-corrected chi connectivity index (χ1v) is 8.61. The number of ether oxygens (including phenoxy) is 1. The number of aliphatic hydroxyl groups is 2. The molecule has 0 aromatic carbocycles. The van der Waals surface area contributed by atoms with Gasteiger partial charge < -0.3 is 24.5 Å². The van der Waals surface area contributed by atoms with E-state index in [-0.39, 0.29) is 30.8 Å². The van der Waals surface area contributed by atoms with Crippen LogP contribution in [0.3, 0.4) is 0 Å². The summed E-state index contributed by atoms with van der Waals surface area (Å²) in [6, 6.07) is -0.698. The van der Waals surface area contributed by atoms with E-state index in [1.807, 2.05) is 6.08 Å². The van der Waals surface area contributed by atoms with Gasteiger partial charge in [-0.1, -0.05) is 26.2 Å². The Hall–Kier alpha value is -1.11. The monoisotopic (exact) mass is 332 g/mol. The summed E-state index contributed by atoms with van der Waals surface area (Å²) in [5, 5.41) is 27.8. The SMILES string of the molecule is CCCCCC/C=C/OCC[N+](CCO)(CCO)C(C)C(=O)O. The highest BCUT2D eigenvalue weighted by Crippen LogP contribution is 2.14. The van der Waals surface area contributed by atoms with Crippen molar-refractivity contribution >= 4 is 5.97 Å². The number of rotatable bonds is 15. The van der Waals surface area contributed by atoms with Crippen LogP contribution in [0.1, 0.15) is 46.0 Å². The van der Waals surface area contributed by atoms with Gasteiger partial charge in [-0.2, -0.15) is 0 Å². The third kappa shape index (κ3) is 8.93. The molecular weight excluding hydrogens is 298 g/mol. The van der Waals surface area contributed by atoms with Crippen molar-refractivity contribution in [2.45, 2.75) is 52.0 Å². The third-order valence-electron chi connectivity index (χ3n) is 4.34. The van der Waals surface area contributed by atoms with Crippen LogP contribution in [0.25, 0.3) is 0 Å². The summed E-state index contributed by atoms with van der Waals surface area (Å²) in [4.78, 5) is 11.3. The Morgan fingerprint density at radius 1 is 1.13 bits per heavy atom. The highest BCUT2D eigenvalue weighted by molar-refractivity contribution is 5.71. The zero-order valence-electron chi connectivity index (χ0n) is 14.6. The van der Waals surface area contributed by atoms with E-state index in [4.69, 9.17) is 4.74 Å². The van der Waals surface area contributed by atoms with Crippen molar-refractivity contribution in [3.63, 3.8) is 0 Å². The molecule has 0 saturated heterocycles. The van der Waals surface area contributed by atoms with Crippen LogP contribution in [0.15, 0.2) is 12.3 Å². The molecule has 0 aliphatic rings. The Morgan fingerprint density at radius 3 is 2.30 bits per heavy atom. The van der Waals surface area contributed by atoms with Gasteiger partial charge in [0.1, 0.15) is 26.2 Å². The Balaban J connectivity index is 4.33. The smallest absolute Gasteiger partial charge is 0.362 e. The molecule has 1 unspecified atom stereocenters. The number of aliphatic hydroxyl groups excluding tert-OH is 2. The maximum atomic E-state index is 11.3. The molecule has 136 valence electrons. The Labute approximate surface area is 140 Å². The van der Waals surface area contributed by atoms with E-state index < -0.39 is 12.0 Å². The van der Waals surface area contributed by atoms with E-state index >= 15 is 0 Å². The number of unbranched alkanes of at least 4 members (excludes halogenated alkanes) is 4. The lowest BCUT2D eigenvalue weighted by Gasteiger charge is -2.40. The van der Waals surface area contributed by atoms with Crippen LogP contribution in [0.2, 0.25) is 0 Å². The van der Waals surface area contributed by atoms with Crippen molar-refractivity contribution in [1.82, 2.24) is 0 Å². The minimum Gasteiger partial charge on any atom is -0.496 e. The zero-order valence-corrected chi connectivity index (χ0v) is 14.6. The van der Waals surface area contributed by atoms with Crippen LogP contribution in [-0.4, -0.2) is 71.3 Å². The van der Waals surface area contributed by atoms with E-state index in [1.165, 1.54) is 19.3 Å². The number of hydrogen-bond donors (Lipinski definition) is 3. The van der Waals surface area contributed by atoms with Gasteiger partial charge in [0.15, 0.2) is 6.04 Å². The number of carbonyl (C=O) groups is 1. The summed E-state index contributed by atoms with van der Waals surface area (Å²) >= 11 is 0. The number of carboxylic acids is 1. The number of nitrogens with zero attached hydrogens (tertiary/aromatic N) is 1. The predicted molar refractivity (Wildman–Crippen MR) is 90.0 cm³/mol. The quantitative estimate of drug-likeness (QED) is 0.242. The molecule has 0 aliphatic heterocycles. The molecule has 0 aromatic heterocycles. The van der Waals surface area contributed by atoms with Gasteiger partial charge in [0.05, 0.1) is 19.5 Å². The molecule has 0 saturated carbocycles. The summed E-state index contributed by atoms with van der Waals surface area (Å²) in [5.74, 6) is -0.932. The molecule has 0 heterocycles. The number of quaternary nitrogens is 1. The third-order valence-corrected chi connectivity index (χ3v) is 4.34. The fourth-order valence-electron chi connectivity index (χ4n) is 2.68. The Kier molecular flexibility index (Phi) is 12.7.